The Balaban J connectivity index is 2.35. The second-order valence-electron chi connectivity index (χ2n) is 4.10. The zero-order valence-corrected chi connectivity index (χ0v) is 9.45. The van der Waals surface area contributed by atoms with E-state index in [1.165, 1.54) is 6.42 Å². The normalized spacial score (nSPS) is 11.1. The molecule has 0 fully saturated rings. The zero-order valence-electron chi connectivity index (χ0n) is 9.45. The van der Waals surface area contributed by atoms with Crippen molar-refractivity contribution in [1.82, 2.24) is 15.1 Å². The van der Waals surface area contributed by atoms with Crippen LogP contribution in [0.4, 0.5) is 0 Å². The van der Waals surface area contributed by atoms with E-state index in [1.54, 1.807) is 0 Å². The molecule has 0 aliphatic rings. The van der Waals surface area contributed by atoms with Crippen molar-refractivity contribution in [3.8, 4) is 0 Å². The summed E-state index contributed by atoms with van der Waals surface area (Å²) in [4.78, 5) is 0. The monoisotopic (exact) mass is 195 g/mol. The molecule has 1 aromatic rings. The summed E-state index contributed by atoms with van der Waals surface area (Å²) in [6.07, 6.45) is 3.23. The van der Waals surface area contributed by atoms with Crippen LogP contribution in [0.25, 0.3) is 0 Å². The second-order valence-corrected chi connectivity index (χ2v) is 4.10. The third-order valence-corrected chi connectivity index (χ3v) is 1.98. The van der Waals surface area contributed by atoms with Gasteiger partial charge in [-0.05, 0) is 24.9 Å². The molecule has 0 atom stereocenters. The van der Waals surface area contributed by atoms with Crippen LogP contribution in [0.15, 0.2) is 12.3 Å². The highest BCUT2D eigenvalue weighted by Gasteiger charge is 2.00. The van der Waals surface area contributed by atoms with Crippen molar-refractivity contribution in [3.05, 3.63) is 18.0 Å². The number of hydrogen-bond acceptors (Lipinski definition) is 2. The Hall–Kier alpha value is -0.830. The fourth-order valence-electron chi connectivity index (χ4n) is 1.37. The molecule has 0 radical (unpaired) electrons. The highest BCUT2D eigenvalue weighted by molar-refractivity contribution is 4.98. The number of aromatic nitrogens is 2. The van der Waals surface area contributed by atoms with Crippen LogP contribution in [0.5, 0.6) is 0 Å². The van der Waals surface area contributed by atoms with E-state index in [0.717, 1.165) is 25.3 Å². The first-order valence-corrected chi connectivity index (χ1v) is 5.45. The predicted molar refractivity (Wildman–Crippen MR) is 59.1 cm³/mol. The molecule has 0 spiro atoms. The lowest BCUT2D eigenvalue weighted by Crippen LogP contribution is -2.14. The van der Waals surface area contributed by atoms with Crippen molar-refractivity contribution in [3.63, 3.8) is 0 Å². The fourth-order valence-corrected chi connectivity index (χ4v) is 1.37. The van der Waals surface area contributed by atoms with E-state index in [4.69, 9.17) is 0 Å². The molecule has 0 unspecified atom stereocenters. The number of nitrogens with zero attached hydrogens (tertiary/aromatic N) is 2. The molecule has 0 aromatic carbocycles. The van der Waals surface area contributed by atoms with Crippen LogP contribution in [0.3, 0.4) is 0 Å². The Morgan fingerprint density at radius 2 is 2.29 bits per heavy atom. The van der Waals surface area contributed by atoms with Crippen molar-refractivity contribution in [2.45, 2.75) is 40.3 Å². The Bertz CT molecular complexity index is 253. The maximum Gasteiger partial charge on any atom is 0.0762 e. The molecule has 3 heteroatoms. The molecule has 0 aliphatic carbocycles. The van der Waals surface area contributed by atoms with Gasteiger partial charge in [-0.25, -0.2) is 0 Å². The first-order valence-electron chi connectivity index (χ1n) is 5.45. The number of rotatable bonds is 6. The average Bonchev–Trinajstić information content (AvgIpc) is 2.52. The Morgan fingerprint density at radius 1 is 1.50 bits per heavy atom. The topological polar surface area (TPSA) is 29.9 Å². The largest absolute Gasteiger partial charge is 0.311 e. The van der Waals surface area contributed by atoms with E-state index in [1.807, 2.05) is 4.68 Å². The summed E-state index contributed by atoms with van der Waals surface area (Å²) >= 11 is 0. The zero-order chi connectivity index (χ0) is 10.4. The standard InChI is InChI=1S/C11H21N3/c1-4-6-12-8-11-5-7-14(13-11)9-10(2)3/h5,7,10,12H,4,6,8-9H2,1-3H3. The SMILES string of the molecule is CCCNCc1ccn(CC(C)C)n1. The Labute approximate surface area is 86.5 Å². The van der Waals surface area contributed by atoms with E-state index < -0.39 is 0 Å². The van der Waals surface area contributed by atoms with Crippen LogP contribution in [0.2, 0.25) is 0 Å². The van der Waals surface area contributed by atoms with Crippen LogP contribution in [-0.4, -0.2) is 16.3 Å². The minimum atomic E-state index is 0.659. The average molecular weight is 195 g/mol. The maximum atomic E-state index is 4.48. The van der Waals surface area contributed by atoms with Gasteiger partial charge in [0.1, 0.15) is 0 Å². The highest BCUT2D eigenvalue weighted by Crippen LogP contribution is 2.00. The van der Waals surface area contributed by atoms with Gasteiger partial charge in [0, 0.05) is 19.3 Å². The van der Waals surface area contributed by atoms with Crippen molar-refractivity contribution >= 4 is 0 Å². The second kappa shape index (κ2) is 5.81. The first-order chi connectivity index (χ1) is 6.72. The molecule has 0 bridgehead atoms. The van der Waals surface area contributed by atoms with Crippen molar-refractivity contribution in [2.75, 3.05) is 6.54 Å². The molecule has 1 rings (SSSR count). The van der Waals surface area contributed by atoms with Crippen LogP contribution in [-0.2, 0) is 13.1 Å². The van der Waals surface area contributed by atoms with Crippen LogP contribution >= 0.6 is 0 Å². The lowest BCUT2D eigenvalue weighted by atomic mass is 10.2. The number of hydrogen-bond donors (Lipinski definition) is 1. The van der Waals surface area contributed by atoms with Gasteiger partial charge in [0.15, 0.2) is 0 Å². The van der Waals surface area contributed by atoms with Crippen molar-refractivity contribution < 1.29 is 0 Å². The maximum absolute atomic E-state index is 4.48. The number of nitrogens with one attached hydrogen (secondary N) is 1. The summed E-state index contributed by atoms with van der Waals surface area (Å²) < 4.78 is 2.02. The molecule has 1 aromatic heterocycles. The Kier molecular flexibility index (Phi) is 4.66. The van der Waals surface area contributed by atoms with Gasteiger partial charge in [-0.1, -0.05) is 20.8 Å². The molecule has 1 heterocycles. The van der Waals surface area contributed by atoms with Crippen LogP contribution < -0.4 is 5.32 Å². The highest BCUT2D eigenvalue weighted by atomic mass is 15.3. The quantitative estimate of drug-likeness (QED) is 0.704. The van der Waals surface area contributed by atoms with Crippen LogP contribution in [0, 0.1) is 5.92 Å². The third-order valence-electron chi connectivity index (χ3n) is 1.98. The van der Waals surface area contributed by atoms with E-state index in [9.17, 15) is 0 Å². The lowest BCUT2D eigenvalue weighted by Gasteiger charge is -2.04. The third kappa shape index (κ3) is 3.92. The van der Waals surface area contributed by atoms with E-state index in [-0.39, 0.29) is 0 Å². The van der Waals surface area contributed by atoms with Crippen molar-refractivity contribution in [1.29, 1.82) is 0 Å². The van der Waals surface area contributed by atoms with E-state index in [2.05, 4.69) is 43.4 Å². The van der Waals surface area contributed by atoms with E-state index in [0.29, 0.717) is 5.92 Å². The van der Waals surface area contributed by atoms with Gasteiger partial charge in [0.05, 0.1) is 5.69 Å². The molecule has 0 saturated carbocycles. The van der Waals surface area contributed by atoms with Gasteiger partial charge in [-0.3, -0.25) is 4.68 Å². The van der Waals surface area contributed by atoms with Crippen LogP contribution in [0.1, 0.15) is 32.9 Å². The smallest absolute Gasteiger partial charge is 0.0762 e. The molecular weight excluding hydrogens is 174 g/mol. The van der Waals surface area contributed by atoms with Crippen molar-refractivity contribution in [2.24, 2.45) is 5.92 Å². The summed E-state index contributed by atoms with van der Waals surface area (Å²) in [6, 6.07) is 2.09. The van der Waals surface area contributed by atoms with Gasteiger partial charge >= 0.3 is 0 Å². The molecule has 80 valence electrons. The fraction of sp³-hybridized carbons (Fsp3) is 0.727. The minimum Gasteiger partial charge on any atom is -0.311 e. The summed E-state index contributed by atoms with van der Waals surface area (Å²) in [5.41, 5.74) is 1.14. The molecule has 0 amide bonds. The summed E-state index contributed by atoms with van der Waals surface area (Å²) in [5.74, 6) is 0.659. The molecule has 14 heavy (non-hydrogen) atoms. The minimum absolute atomic E-state index is 0.659. The molecule has 3 nitrogen and oxygen atoms in total. The molecule has 0 aliphatic heterocycles. The van der Waals surface area contributed by atoms with Gasteiger partial charge in [0.25, 0.3) is 0 Å². The first kappa shape index (κ1) is 11.2. The van der Waals surface area contributed by atoms with Gasteiger partial charge in [0.2, 0.25) is 0 Å². The van der Waals surface area contributed by atoms with Gasteiger partial charge in [-0.15, -0.1) is 0 Å². The summed E-state index contributed by atoms with van der Waals surface area (Å²) in [7, 11) is 0. The predicted octanol–water partition coefficient (Wildman–Crippen LogP) is 2.04. The van der Waals surface area contributed by atoms with Gasteiger partial charge in [-0.2, -0.15) is 5.10 Å². The molecular formula is C11H21N3. The molecule has 0 saturated heterocycles. The van der Waals surface area contributed by atoms with Gasteiger partial charge < -0.3 is 5.32 Å². The summed E-state index contributed by atoms with van der Waals surface area (Å²) in [6.45, 7) is 9.54. The van der Waals surface area contributed by atoms with E-state index >= 15 is 0 Å². The molecule has 1 N–H and O–H groups in total. The summed E-state index contributed by atoms with van der Waals surface area (Å²) in [5, 5.41) is 7.82. The Morgan fingerprint density at radius 3 is 2.93 bits per heavy atom. The lowest BCUT2D eigenvalue weighted by molar-refractivity contribution is 0.477.